The van der Waals surface area contributed by atoms with Gasteiger partial charge in [0.1, 0.15) is 24.1 Å². The first-order chi connectivity index (χ1) is 8.02. The lowest BCUT2D eigenvalue weighted by atomic mass is 9.95. The van der Waals surface area contributed by atoms with Crippen LogP contribution >= 0.6 is 0 Å². The highest BCUT2D eigenvalue weighted by atomic mass is 19.1. The zero-order valence-electron chi connectivity index (χ0n) is 8.47. The summed E-state index contributed by atoms with van der Waals surface area (Å²) in [7, 11) is 0. The summed E-state index contributed by atoms with van der Waals surface area (Å²) in [6.07, 6.45) is 0. The number of hydrogen-bond acceptors (Lipinski definition) is 5. The molecule has 6 heteroatoms. The first kappa shape index (κ1) is 11.3. The lowest BCUT2D eigenvalue weighted by molar-refractivity contribution is -0.147. The molecule has 1 aromatic rings. The second-order valence-corrected chi connectivity index (χ2v) is 3.51. The fourth-order valence-electron chi connectivity index (χ4n) is 1.57. The number of hydrogen-bond donors (Lipinski definition) is 1. The van der Waals surface area contributed by atoms with Gasteiger partial charge in [0.15, 0.2) is 5.78 Å². The van der Waals surface area contributed by atoms with Crippen molar-refractivity contribution in [2.24, 2.45) is 5.92 Å². The zero-order chi connectivity index (χ0) is 12.6. The van der Waals surface area contributed by atoms with Crippen molar-refractivity contribution in [2.45, 2.75) is 0 Å². The molecule has 0 saturated carbocycles. The molecule has 0 bridgehead atoms. The number of halogens is 1. The second kappa shape index (κ2) is 3.97. The van der Waals surface area contributed by atoms with E-state index in [0.29, 0.717) is 0 Å². The first-order valence-electron chi connectivity index (χ1n) is 4.75. The molecule has 1 aliphatic rings. The van der Waals surface area contributed by atoms with Crippen molar-refractivity contribution in [2.75, 3.05) is 6.61 Å². The van der Waals surface area contributed by atoms with Gasteiger partial charge in [-0.05, 0) is 12.1 Å². The maximum Gasteiger partial charge on any atom is 0.375 e. The molecule has 0 radical (unpaired) electrons. The summed E-state index contributed by atoms with van der Waals surface area (Å²) in [5.74, 6) is -5.96. The van der Waals surface area contributed by atoms with Crippen LogP contribution in [0, 0.1) is 11.7 Å². The molecule has 1 saturated heterocycles. The van der Waals surface area contributed by atoms with Gasteiger partial charge in [-0.2, -0.15) is 0 Å². The van der Waals surface area contributed by atoms with Crippen LogP contribution < -0.4 is 0 Å². The Labute approximate surface area is 94.8 Å². The number of phenolic OH excluding ortho intramolecular Hbond substituents is 1. The quantitative estimate of drug-likeness (QED) is 0.350. The Hall–Kier alpha value is -2.24. The fourth-order valence-corrected chi connectivity index (χ4v) is 1.57. The lowest BCUT2D eigenvalue weighted by Crippen LogP contribution is -2.24. The van der Waals surface area contributed by atoms with Crippen LogP contribution in [-0.4, -0.2) is 29.2 Å². The molecule has 88 valence electrons. The first-order valence-corrected chi connectivity index (χ1v) is 4.75. The summed E-state index contributed by atoms with van der Waals surface area (Å²) in [6, 6.07) is 3.33. The Bertz CT molecular complexity index is 502. The number of phenols is 1. The van der Waals surface area contributed by atoms with Gasteiger partial charge in [-0.1, -0.05) is 6.07 Å². The lowest BCUT2D eigenvalue weighted by Gasteiger charge is -2.07. The van der Waals surface area contributed by atoms with E-state index < -0.39 is 47.2 Å². The van der Waals surface area contributed by atoms with Crippen LogP contribution in [0.2, 0.25) is 0 Å². The van der Waals surface area contributed by atoms with Gasteiger partial charge >= 0.3 is 5.97 Å². The summed E-state index contributed by atoms with van der Waals surface area (Å²) in [6.45, 7) is -0.412. The average molecular weight is 238 g/mol. The Balaban J connectivity index is 2.39. The molecule has 17 heavy (non-hydrogen) atoms. The largest absolute Gasteiger partial charge is 0.507 e. The highest BCUT2D eigenvalue weighted by Crippen LogP contribution is 2.25. The van der Waals surface area contributed by atoms with E-state index in [1.807, 2.05) is 0 Å². The summed E-state index contributed by atoms with van der Waals surface area (Å²) >= 11 is 0. The number of aromatic hydroxyl groups is 1. The molecule has 0 aromatic heterocycles. The Morgan fingerprint density at radius 1 is 1.41 bits per heavy atom. The third-order valence-electron chi connectivity index (χ3n) is 2.45. The van der Waals surface area contributed by atoms with Crippen LogP contribution in [-0.2, 0) is 14.3 Å². The third kappa shape index (κ3) is 1.77. The topological polar surface area (TPSA) is 80.7 Å². The molecule has 1 aromatic carbocycles. The van der Waals surface area contributed by atoms with E-state index in [4.69, 9.17) is 0 Å². The number of ether oxygens (including phenoxy) is 1. The van der Waals surface area contributed by atoms with E-state index in [1.165, 1.54) is 6.07 Å². The Morgan fingerprint density at radius 3 is 2.65 bits per heavy atom. The number of carbonyl (C=O) groups is 3. The maximum atomic E-state index is 13.4. The van der Waals surface area contributed by atoms with Gasteiger partial charge in [-0.3, -0.25) is 9.59 Å². The van der Waals surface area contributed by atoms with Crippen LogP contribution in [0.1, 0.15) is 10.4 Å². The molecule has 1 atom stereocenters. The predicted molar refractivity (Wildman–Crippen MR) is 51.9 cm³/mol. The molecule has 1 fully saturated rings. The van der Waals surface area contributed by atoms with E-state index >= 15 is 0 Å². The molecule has 2 rings (SSSR count). The molecule has 1 unspecified atom stereocenters. The Morgan fingerprint density at radius 2 is 2.12 bits per heavy atom. The standard InChI is InChI=1S/C11H7FO5/c12-6-2-1-3-7(13)8(6)9(14)5-4-17-11(16)10(5)15/h1-3,5,13H,4H2. The molecule has 1 aliphatic heterocycles. The van der Waals surface area contributed by atoms with Crippen molar-refractivity contribution in [1.82, 2.24) is 0 Å². The van der Waals surface area contributed by atoms with Crippen molar-refractivity contribution >= 4 is 17.5 Å². The van der Waals surface area contributed by atoms with Crippen molar-refractivity contribution < 1.29 is 28.6 Å². The van der Waals surface area contributed by atoms with Gasteiger partial charge in [-0.25, -0.2) is 9.18 Å². The van der Waals surface area contributed by atoms with Crippen LogP contribution in [0.15, 0.2) is 18.2 Å². The summed E-state index contributed by atoms with van der Waals surface area (Å²) < 4.78 is 17.7. The van der Waals surface area contributed by atoms with Crippen LogP contribution in [0.3, 0.4) is 0 Å². The van der Waals surface area contributed by atoms with Crippen molar-refractivity contribution in [1.29, 1.82) is 0 Å². The summed E-state index contributed by atoms with van der Waals surface area (Å²) in [5.41, 5.74) is -0.593. The number of esters is 1. The minimum atomic E-state index is -1.37. The minimum Gasteiger partial charge on any atom is -0.507 e. The predicted octanol–water partition coefficient (Wildman–Crippen LogP) is 0.456. The molecule has 0 spiro atoms. The number of carbonyl (C=O) groups excluding carboxylic acids is 3. The monoisotopic (exact) mass is 238 g/mol. The van der Waals surface area contributed by atoms with Crippen molar-refractivity contribution in [3.05, 3.63) is 29.6 Å². The van der Waals surface area contributed by atoms with Crippen molar-refractivity contribution in [3.63, 3.8) is 0 Å². The number of benzene rings is 1. The molecule has 0 amide bonds. The normalized spacial score (nSPS) is 19.2. The average Bonchev–Trinajstić information content (AvgIpc) is 2.59. The highest BCUT2D eigenvalue weighted by Gasteiger charge is 2.41. The van der Waals surface area contributed by atoms with Crippen molar-refractivity contribution in [3.8, 4) is 5.75 Å². The van der Waals surface area contributed by atoms with Gasteiger partial charge in [-0.15, -0.1) is 0 Å². The second-order valence-electron chi connectivity index (χ2n) is 3.51. The number of Topliss-reactive ketones (excluding diaryl/α,β-unsaturated/α-hetero) is 2. The van der Waals surface area contributed by atoms with Gasteiger partial charge in [0, 0.05) is 0 Å². The minimum absolute atomic E-state index is 0.412. The third-order valence-corrected chi connectivity index (χ3v) is 2.45. The SMILES string of the molecule is O=C1OCC(C(=O)c2c(O)cccc2F)C1=O. The van der Waals surface area contributed by atoms with Gasteiger partial charge in [0.2, 0.25) is 0 Å². The van der Waals surface area contributed by atoms with Crippen LogP contribution in [0.5, 0.6) is 5.75 Å². The van der Waals surface area contributed by atoms with Gasteiger partial charge in [0.25, 0.3) is 5.78 Å². The molecule has 1 heterocycles. The molecule has 5 nitrogen and oxygen atoms in total. The smallest absolute Gasteiger partial charge is 0.375 e. The number of ketones is 2. The van der Waals surface area contributed by atoms with Gasteiger partial charge < -0.3 is 9.84 Å². The molecular formula is C11H7FO5. The number of rotatable bonds is 2. The van der Waals surface area contributed by atoms with E-state index in [0.717, 1.165) is 12.1 Å². The molecular weight excluding hydrogens is 231 g/mol. The van der Waals surface area contributed by atoms with Crippen LogP contribution in [0.4, 0.5) is 4.39 Å². The summed E-state index contributed by atoms with van der Waals surface area (Å²) in [5, 5.41) is 9.38. The van der Waals surface area contributed by atoms with Gasteiger partial charge in [0.05, 0.1) is 5.56 Å². The zero-order valence-corrected chi connectivity index (χ0v) is 8.47. The van der Waals surface area contributed by atoms with E-state index in [9.17, 15) is 23.9 Å². The fraction of sp³-hybridized carbons (Fsp3) is 0.182. The highest BCUT2D eigenvalue weighted by molar-refractivity contribution is 6.41. The van der Waals surface area contributed by atoms with E-state index in [1.54, 1.807) is 0 Å². The van der Waals surface area contributed by atoms with E-state index in [2.05, 4.69) is 4.74 Å². The van der Waals surface area contributed by atoms with Crippen LogP contribution in [0.25, 0.3) is 0 Å². The molecule has 0 aliphatic carbocycles. The summed E-state index contributed by atoms with van der Waals surface area (Å²) in [4.78, 5) is 33.8. The maximum absolute atomic E-state index is 13.4. The van der Waals surface area contributed by atoms with E-state index in [-0.39, 0.29) is 0 Å². The number of cyclic esters (lactones) is 1. The Kier molecular flexibility index (Phi) is 2.63. The molecule has 1 N–H and O–H groups in total.